The third kappa shape index (κ3) is 3.24. The molecule has 1 rings (SSSR count). The van der Waals surface area contributed by atoms with E-state index in [9.17, 15) is 18.0 Å². The summed E-state index contributed by atoms with van der Waals surface area (Å²) in [6.45, 7) is 5.55. The van der Waals surface area contributed by atoms with Crippen LogP contribution in [-0.4, -0.2) is 19.1 Å². The number of carbonyl (C=O) groups excluding carboxylic acids is 1. The van der Waals surface area contributed by atoms with Crippen LogP contribution in [0.15, 0.2) is 18.2 Å². The van der Waals surface area contributed by atoms with Crippen molar-refractivity contribution < 1.29 is 22.7 Å². The maximum Gasteiger partial charge on any atom is 0.454 e. The van der Waals surface area contributed by atoms with Crippen LogP contribution < -0.4 is 4.74 Å². The minimum atomic E-state index is -4.87. The highest BCUT2D eigenvalue weighted by atomic mass is 19.4. The number of alkyl halides is 3. The summed E-state index contributed by atoms with van der Waals surface area (Å²) in [5, 5.41) is 0. The summed E-state index contributed by atoms with van der Waals surface area (Å²) >= 11 is 0. The van der Waals surface area contributed by atoms with Crippen molar-refractivity contribution in [2.24, 2.45) is 0 Å². The molecule has 0 aliphatic heterocycles. The molecule has 0 bridgehead atoms. The van der Waals surface area contributed by atoms with Crippen LogP contribution in [0.4, 0.5) is 13.2 Å². The van der Waals surface area contributed by atoms with Gasteiger partial charge in [-0.1, -0.05) is 20.8 Å². The highest BCUT2D eigenvalue weighted by Gasteiger charge is 2.39. The highest BCUT2D eigenvalue weighted by Crippen LogP contribution is 2.30. The lowest BCUT2D eigenvalue weighted by atomic mass is 9.85. The molecule has 0 aromatic heterocycles. The normalized spacial score (nSPS) is 12.4. The van der Waals surface area contributed by atoms with E-state index in [1.54, 1.807) is 6.07 Å². The molecule has 0 aliphatic carbocycles. The Kier molecular flexibility index (Phi) is 3.74. The van der Waals surface area contributed by atoms with Gasteiger partial charge in [-0.15, -0.1) is 0 Å². The zero-order valence-electron chi connectivity index (χ0n) is 10.7. The van der Waals surface area contributed by atoms with Crippen molar-refractivity contribution >= 4 is 5.78 Å². The first kappa shape index (κ1) is 14.5. The molecule has 0 unspecified atom stereocenters. The van der Waals surface area contributed by atoms with Gasteiger partial charge in [0.05, 0.1) is 7.11 Å². The maximum absolute atomic E-state index is 12.4. The monoisotopic (exact) mass is 260 g/mol. The minimum Gasteiger partial charge on any atom is -0.497 e. The second kappa shape index (κ2) is 4.63. The van der Waals surface area contributed by atoms with E-state index in [0.717, 1.165) is 6.07 Å². The van der Waals surface area contributed by atoms with Crippen LogP contribution in [0.25, 0.3) is 0 Å². The fourth-order valence-corrected chi connectivity index (χ4v) is 1.44. The number of carbonyl (C=O) groups is 1. The average Bonchev–Trinajstić information content (AvgIpc) is 2.25. The van der Waals surface area contributed by atoms with Gasteiger partial charge in [0, 0.05) is 5.56 Å². The van der Waals surface area contributed by atoms with Gasteiger partial charge >= 0.3 is 6.18 Å². The summed E-state index contributed by atoms with van der Waals surface area (Å²) in [6, 6.07) is 4.00. The molecule has 0 spiro atoms. The number of ether oxygens (including phenoxy) is 1. The Hall–Kier alpha value is -1.52. The van der Waals surface area contributed by atoms with Crippen molar-refractivity contribution in [2.45, 2.75) is 32.4 Å². The van der Waals surface area contributed by atoms with E-state index in [2.05, 4.69) is 0 Å². The zero-order chi connectivity index (χ0) is 14.1. The molecular weight excluding hydrogens is 245 g/mol. The van der Waals surface area contributed by atoms with Crippen LogP contribution in [0, 0.1) is 0 Å². The molecule has 18 heavy (non-hydrogen) atoms. The first-order valence-electron chi connectivity index (χ1n) is 5.37. The molecule has 5 heteroatoms. The fourth-order valence-electron chi connectivity index (χ4n) is 1.44. The average molecular weight is 260 g/mol. The molecule has 0 amide bonds. The van der Waals surface area contributed by atoms with Crippen LogP contribution in [0.3, 0.4) is 0 Å². The molecule has 0 aliphatic rings. The number of benzene rings is 1. The maximum atomic E-state index is 12.4. The largest absolute Gasteiger partial charge is 0.497 e. The topological polar surface area (TPSA) is 26.3 Å². The molecule has 0 atom stereocenters. The first-order valence-corrected chi connectivity index (χ1v) is 5.37. The van der Waals surface area contributed by atoms with Crippen molar-refractivity contribution in [2.75, 3.05) is 7.11 Å². The van der Waals surface area contributed by atoms with E-state index in [0.29, 0.717) is 5.56 Å². The number of hydrogen-bond donors (Lipinski definition) is 0. The predicted octanol–water partition coefficient (Wildman–Crippen LogP) is 3.74. The third-order valence-electron chi connectivity index (χ3n) is 2.53. The minimum absolute atomic E-state index is 0.245. The number of Topliss-reactive ketones (excluding diaryl/α,β-unsaturated/α-hetero) is 1. The second-order valence-corrected chi connectivity index (χ2v) is 5.03. The number of halogens is 3. The van der Waals surface area contributed by atoms with Crippen LogP contribution in [0.1, 0.15) is 36.7 Å². The molecule has 1 aromatic carbocycles. The lowest BCUT2D eigenvalue weighted by Gasteiger charge is -2.21. The summed E-state index contributed by atoms with van der Waals surface area (Å²) in [5.41, 5.74) is -0.143. The van der Waals surface area contributed by atoms with Gasteiger partial charge in [-0.05, 0) is 29.2 Å². The van der Waals surface area contributed by atoms with Gasteiger partial charge in [0.1, 0.15) is 5.75 Å². The molecule has 0 saturated heterocycles. The molecule has 100 valence electrons. The summed E-state index contributed by atoms with van der Waals surface area (Å²) in [5.74, 6) is -1.61. The van der Waals surface area contributed by atoms with E-state index in [4.69, 9.17) is 4.74 Å². The Morgan fingerprint density at radius 2 is 1.67 bits per heavy atom. The molecular formula is C13H15F3O2. The molecule has 1 aromatic rings. The Bertz CT molecular complexity index is 456. The van der Waals surface area contributed by atoms with Crippen LogP contribution in [0.5, 0.6) is 5.75 Å². The van der Waals surface area contributed by atoms with Gasteiger partial charge in [-0.25, -0.2) is 0 Å². The summed E-state index contributed by atoms with van der Waals surface area (Å²) in [6.07, 6.45) is -4.87. The Labute approximate surface area is 104 Å². The van der Waals surface area contributed by atoms with Gasteiger partial charge < -0.3 is 4.74 Å². The first-order chi connectivity index (χ1) is 8.05. The van der Waals surface area contributed by atoms with Crippen molar-refractivity contribution in [1.82, 2.24) is 0 Å². The Balaban J connectivity index is 3.34. The van der Waals surface area contributed by atoms with Crippen LogP contribution in [0.2, 0.25) is 0 Å². The van der Waals surface area contributed by atoms with Crippen molar-refractivity contribution in [3.8, 4) is 5.75 Å². The molecule has 2 nitrogen and oxygen atoms in total. The summed E-state index contributed by atoms with van der Waals surface area (Å²) < 4.78 is 42.2. The lowest BCUT2D eigenvalue weighted by molar-refractivity contribution is -0.0885. The van der Waals surface area contributed by atoms with Crippen molar-refractivity contribution in [1.29, 1.82) is 0 Å². The molecule has 0 fully saturated rings. The van der Waals surface area contributed by atoms with E-state index in [-0.39, 0.29) is 11.2 Å². The lowest BCUT2D eigenvalue weighted by Crippen LogP contribution is -2.23. The van der Waals surface area contributed by atoms with Crippen molar-refractivity contribution in [3.05, 3.63) is 29.3 Å². The number of methoxy groups -OCH3 is 1. The van der Waals surface area contributed by atoms with Gasteiger partial charge in [-0.2, -0.15) is 13.2 Å². The number of ketones is 1. The highest BCUT2D eigenvalue weighted by molar-refractivity contribution is 6.00. The van der Waals surface area contributed by atoms with E-state index >= 15 is 0 Å². The number of rotatable bonds is 2. The standard InChI is InChI=1S/C13H15F3O2/c1-12(2,3)9-5-8(6-10(7-9)18-4)11(17)13(14,15)16/h5-7H,1-4H3. The summed E-state index contributed by atoms with van der Waals surface area (Å²) in [7, 11) is 1.35. The third-order valence-corrected chi connectivity index (χ3v) is 2.53. The van der Waals surface area contributed by atoms with E-state index in [1.165, 1.54) is 13.2 Å². The fraction of sp³-hybridized carbons (Fsp3) is 0.462. The van der Waals surface area contributed by atoms with E-state index < -0.39 is 17.5 Å². The van der Waals surface area contributed by atoms with Crippen molar-refractivity contribution in [3.63, 3.8) is 0 Å². The van der Waals surface area contributed by atoms with Gasteiger partial charge in [0.2, 0.25) is 0 Å². The predicted molar refractivity (Wildman–Crippen MR) is 62.1 cm³/mol. The molecule has 0 heterocycles. The SMILES string of the molecule is COc1cc(C(=O)C(F)(F)F)cc(C(C)(C)C)c1. The summed E-state index contributed by atoms with van der Waals surface area (Å²) in [4.78, 5) is 11.2. The van der Waals surface area contributed by atoms with Gasteiger partial charge in [0.15, 0.2) is 0 Å². The smallest absolute Gasteiger partial charge is 0.454 e. The molecule has 0 saturated carbocycles. The molecule has 0 radical (unpaired) electrons. The Morgan fingerprint density at radius 3 is 2.06 bits per heavy atom. The quantitative estimate of drug-likeness (QED) is 0.757. The van der Waals surface area contributed by atoms with Gasteiger partial charge in [-0.3, -0.25) is 4.79 Å². The van der Waals surface area contributed by atoms with E-state index in [1.807, 2.05) is 20.8 Å². The number of hydrogen-bond acceptors (Lipinski definition) is 2. The zero-order valence-corrected chi connectivity index (χ0v) is 10.7. The van der Waals surface area contributed by atoms with Crippen LogP contribution in [-0.2, 0) is 5.41 Å². The van der Waals surface area contributed by atoms with Gasteiger partial charge in [0.25, 0.3) is 5.78 Å². The second-order valence-electron chi connectivity index (χ2n) is 5.03. The van der Waals surface area contributed by atoms with Crippen LogP contribution >= 0.6 is 0 Å². The molecule has 0 N–H and O–H groups in total. The Morgan fingerprint density at radius 1 is 1.11 bits per heavy atom.